The van der Waals surface area contributed by atoms with Gasteiger partial charge in [-0.25, -0.2) is 9.80 Å². The normalized spacial score (nSPS) is 16.3. The van der Waals surface area contributed by atoms with Crippen molar-refractivity contribution in [2.45, 2.75) is 25.1 Å². The Balaban J connectivity index is 1.72. The van der Waals surface area contributed by atoms with Crippen molar-refractivity contribution < 1.29 is 32.6 Å². The van der Waals surface area contributed by atoms with E-state index in [1.54, 1.807) is 5.01 Å². The average molecular weight is 361 g/mol. The zero-order chi connectivity index (χ0) is 18.4. The van der Waals surface area contributed by atoms with Gasteiger partial charge in [-0.05, 0) is 37.1 Å². The van der Waals surface area contributed by atoms with Gasteiger partial charge in [0.05, 0.1) is 5.56 Å². The van der Waals surface area contributed by atoms with Gasteiger partial charge in [0, 0.05) is 19.1 Å². The molecule has 1 aliphatic heterocycles. The number of benzene rings is 1. The number of carbonyl (C=O) groups excluding carboxylic acids is 1. The van der Waals surface area contributed by atoms with Crippen molar-refractivity contribution in [3.63, 3.8) is 0 Å². The molecule has 1 saturated heterocycles. The van der Waals surface area contributed by atoms with Crippen molar-refractivity contribution in [1.82, 2.24) is 15.8 Å². The van der Waals surface area contributed by atoms with Gasteiger partial charge in [-0.3, -0.25) is 10.2 Å². The van der Waals surface area contributed by atoms with Crippen LogP contribution in [0.25, 0.3) is 0 Å². The van der Waals surface area contributed by atoms with Crippen LogP contribution in [0.15, 0.2) is 24.3 Å². The summed E-state index contributed by atoms with van der Waals surface area (Å²) in [6, 6.07) is 3.92. The van der Waals surface area contributed by atoms with Crippen LogP contribution in [0.2, 0.25) is 0 Å². The number of carbonyl (C=O) groups is 2. The molecule has 1 heterocycles. The lowest BCUT2D eigenvalue weighted by atomic mass is 10.1. The van der Waals surface area contributed by atoms with Crippen LogP contribution in [0.4, 0.5) is 18.0 Å². The smallest absolute Gasteiger partial charge is 0.416 e. The number of amides is 2. The largest absolute Gasteiger partial charge is 0.484 e. The molecule has 0 atom stereocenters. The molecule has 0 saturated carbocycles. The van der Waals surface area contributed by atoms with Crippen LogP contribution >= 0.6 is 0 Å². The number of ether oxygens (including phenoxy) is 1. The number of halogens is 3. The Hall–Kier alpha value is -2.49. The first-order valence-corrected chi connectivity index (χ1v) is 7.58. The number of hydrogen-bond donors (Lipinski definition) is 3. The molecule has 1 fully saturated rings. The number of nitrogens with zero attached hydrogens (tertiary/aromatic N) is 1. The van der Waals surface area contributed by atoms with E-state index in [9.17, 15) is 22.8 Å². The van der Waals surface area contributed by atoms with E-state index in [1.165, 1.54) is 0 Å². The van der Waals surface area contributed by atoms with Crippen LogP contribution < -0.4 is 15.5 Å². The maximum absolute atomic E-state index is 12.4. The minimum Gasteiger partial charge on any atom is -0.484 e. The second kappa shape index (κ2) is 8.06. The summed E-state index contributed by atoms with van der Waals surface area (Å²) in [5, 5.41) is 12.7. The summed E-state index contributed by atoms with van der Waals surface area (Å²) >= 11 is 0. The summed E-state index contributed by atoms with van der Waals surface area (Å²) in [5.41, 5.74) is 1.82. The molecule has 2 rings (SSSR count). The van der Waals surface area contributed by atoms with E-state index in [4.69, 9.17) is 9.84 Å². The van der Waals surface area contributed by atoms with Gasteiger partial charge in [-0.15, -0.1) is 0 Å². The van der Waals surface area contributed by atoms with Crippen molar-refractivity contribution in [1.29, 1.82) is 0 Å². The van der Waals surface area contributed by atoms with Crippen LogP contribution in [0.1, 0.15) is 18.4 Å². The molecule has 1 aromatic rings. The molecule has 2 amide bonds. The van der Waals surface area contributed by atoms with Gasteiger partial charge in [0.1, 0.15) is 5.75 Å². The Morgan fingerprint density at radius 2 is 1.80 bits per heavy atom. The van der Waals surface area contributed by atoms with Crippen molar-refractivity contribution in [3.8, 4) is 5.75 Å². The highest BCUT2D eigenvalue weighted by Crippen LogP contribution is 2.30. The highest BCUT2D eigenvalue weighted by atomic mass is 19.4. The first kappa shape index (κ1) is 18.8. The number of alkyl halides is 3. The summed E-state index contributed by atoms with van der Waals surface area (Å²) in [7, 11) is 0. The molecule has 0 bridgehead atoms. The van der Waals surface area contributed by atoms with Gasteiger partial charge >= 0.3 is 12.3 Å². The molecule has 1 aliphatic rings. The summed E-state index contributed by atoms with van der Waals surface area (Å²) in [6.07, 6.45) is -4.37. The summed E-state index contributed by atoms with van der Waals surface area (Å²) < 4.78 is 42.5. The van der Waals surface area contributed by atoms with Gasteiger partial charge in [-0.1, -0.05) is 0 Å². The van der Waals surface area contributed by atoms with Crippen LogP contribution in [-0.4, -0.2) is 47.9 Å². The standard InChI is InChI=1S/C15H18F3N3O4/c16-15(17,18)10-1-3-12(4-2-10)25-9-13(22)20-21-7-5-11(6-8-21)19-14(23)24/h1-4,11,19H,5-9H2,(H,20,22)(H,23,24). The summed E-state index contributed by atoms with van der Waals surface area (Å²) in [6.45, 7) is 0.632. The molecular weight excluding hydrogens is 343 g/mol. The zero-order valence-electron chi connectivity index (χ0n) is 13.2. The third-order valence-electron chi connectivity index (χ3n) is 3.66. The molecule has 0 aliphatic carbocycles. The van der Waals surface area contributed by atoms with E-state index in [0.717, 1.165) is 24.3 Å². The fraction of sp³-hybridized carbons (Fsp3) is 0.467. The molecule has 3 N–H and O–H groups in total. The third kappa shape index (κ3) is 6.14. The Morgan fingerprint density at radius 3 is 2.32 bits per heavy atom. The molecule has 25 heavy (non-hydrogen) atoms. The maximum atomic E-state index is 12.4. The quantitative estimate of drug-likeness (QED) is 0.745. The van der Waals surface area contributed by atoms with Crippen LogP contribution in [0.3, 0.4) is 0 Å². The number of rotatable bonds is 5. The third-order valence-corrected chi connectivity index (χ3v) is 3.66. The van der Waals surface area contributed by atoms with Gasteiger partial charge in [-0.2, -0.15) is 13.2 Å². The molecule has 1 aromatic carbocycles. The Kier molecular flexibility index (Phi) is 6.07. The minimum absolute atomic E-state index is 0.144. The lowest BCUT2D eigenvalue weighted by Crippen LogP contribution is -2.51. The highest BCUT2D eigenvalue weighted by molar-refractivity contribution is 5.77. The number of nitrogens with one attached hydrogen (secondary N) is 2. The summed E-state index contributed by atoms with van der Waals surface area (Å²) in [5.74, 6) is -0.281. The monoisotopic (exact) mass is 361 g/mol. The number of carboxylic acid groups (broad SMARTS) is 1. The number of hydrazine groups is 1. The molecular formula is C15H18F3N3O4. The van der Waals surface area contributed by atoms with Gasteiger partial charge in [0.2, 0.25) is 0 Å². The first-order valence-electron chi connectivity index (χ1n) is 7.58. The van der Waals surface area contributed by atoms with Gasteiger partial charge in [0.25, 0.3) is 5.91 Å². The van der Waals surface area contributed by atoms with Crippen LogP contribution in [0, 0.1) is 0 Å². The second-order valence-electron chi connectivity index (χ2n) is 5.56. The van der Waals surface area contributed by atoms with Gasteiger partial charge in [0.15, 0.2) is 6.61 Å². The van der Waals surface area contributed by atoms with E-state index < -0.39 is 23.7 Å². The molecule has 10 heteroatoms. The van der Waals surface area contributed by atoms with E-state index in [2.05, 4.69) is 10.7 Å². The summed E-state index contributed by atoms with van der Waals surface area (Å²) in [4.78, 5) is 22.4. The molecule has 0 spiro atoms. The van der Waals surface area contributed by atoms with Crippen molar-refractivity contribution in [2.75, 3.05) is 19.7 Å². The Bertz CT molecular complexity index is 599. The van der Waals surface area contributed by atoms with Crippen molar-refractivity contribution in [2.24, 2.45) is 0 Å². The highest BCUT2D eigenvalue weighted by Gasteiger charge is 2.30. The van der Waals surface area contributed by atoms with Crippen LogP contribution in [-0.2, 0) is 11.0 Å². The first-order chi connectivity index (χ1) is 11.7. The van der Waals surface area contributed by atoms with Gasteiger partial charge < -0.3 is 15.2 Å². The number of hydrogen-bond acceptors (Lipinski definition) is 4. The predicted molar refractivity (Wildman–Crippen MR) is 80.8 cm³/mol. The lowest BCUT2D eigenvalue weighted by Gasteiger charge is -2.31. The average Bonchev–Trinajstić information content (AvgIpc) is 2.54. The Morgan fingerprint density at radius 1 is 1.20 bits per heavy atom. The van der Waals surface area contributed by atoms with E-state index in [-0.39, 0.29) is 18.4 Å². The maximum Gasteiger partial charge on any atom is 0.416 e. The van der Waals surface area contributed by atoms with E-state index >= 15 is 0 Å². The van der Waals surface area contributed by atoms with E-state index in [1.807, 2.05) is 0 Å². The topological polar surface area (TPSA) is 90.9 Å². The van der Waals surface area contributed by atoms with Crippen molar-refractivity contribution in [3.05, 3.63) is 29.8 Å². The SMILES string of the molecule is O=C(O)NC1CCN(NC(=O)COc2ccc(C(F)(F)F)cc2)CC1. The zero-order valence-corrected chi connectivity index (χ0v) is 13.2. The molecule has 138 valence electrons. The molecule has 0 aromatic heterocycles. The van der Waals surface area contributed by atoms with E-state index in [0.29, 0.717) is 25.9 Å². The minimum atomic E-state index is -4.42. The fourth-order valence-corrected chi connectivity index (χ4v) is 2.41. The fourth-order valence-electron chi connectivity index (χ4n) is 2.41. The molecule has 0 radical (unpaired) electrons. The predicted octanol–water partition coefficient (Wildman–Crippen LogP) is 1.85. The van der Waals surface area contributed by atoms with Crippen molar-refractivity contribution >= 4 is 12.0 Å². The molecule has 7 nitrogen and oxygen atoms in total. The number of piperidine rings is 1. The lowest BCUT2D eigenvalue weighted by molar-refractivity contribution is -0.137. The van der Waals surface area contributed by atoms with Crippen LogP contribution in [0.5, 0.6) is 5.75 Å². The second-order valence-corrected chi connectivity index (χ2v) is 5.56. The Labute approximate surface area is 141 Å². The molecule has 0 unspecified atom stereocenters.